The fraction of sp³-hybridized carbons (Fsp3) is 0.429. The molecule has 0 radical (unpaired) electrons. The molecule has 0 N–H and O–H groups in total. The van der Waals surface area contributed by atoms with Gasteiger partial charge in [0, 0.05) is 18.4 Å². The van der Waals surface area contributed by atoms with Crippen molar-refractivity contribution < 1.29 is 23.8 Å². The molecule has 0 fully saturated rings. The van der Waals surface area contributed by atoms with Crippen LogP contribution in [0.25, 0.3) is 0 Å². The fourth-order valence-electron chi connectivity index (χ4n) is 1.65. The van der Waals surface area contributed by atoms with Gasteiger partial charge < -0.3 is 14.2 Å². The number of benzene rings is 1. The van der Waals surface area contributed by atoms with Gasteiger partial charge in [0.15, 0.2) is 17.3 Å². The van der Waals surface area contributed by atoms with Crippen LogP contribution in [0.5, 0.6) is 11.5 Å². The van der Waals surface area contributed by atoms with Crippen molar-refractivity contribution in [3.8, 4) is 11.5 Å². The first kappa shape index (κ1) is 15.0. The molecular formula is C14H18O5. The lowest BCUT2D eigenvalue weighted by Crippen LogP contribution is -2.04. The van der Waals surface area contributed by atoms with Gasteiger partial charge in [0.25, 0.3) is 0 Å². The van der Waals surface area contributed by atoms with Crippen molar-refractivity contribution in [1.29, 1.82) is 0 Å². The Labute approximate surface area is 112 Å². The molecular weight excluding hydrogens is 248 g/mol. The summed E-state index contributed by atoms with van der Waals surface area (Å²) in [7, 11) is 4.39. The molecule has 0 atom stereocenters. The largest absolute Gasteiger partial charge is 0.493 e. The van der Waals surface area contributed by atoms with Crippen LogP contribution in [0.3, 0.4) is 0 Å². The van der Waals surface area contributed by atoms with Crippen LogP contribution in [0, 0.1) is 0 Å². The molecule has 5 nitrogen and oxygen atoms in total. The van der Waals surface area contributed by atoms with Crippen LogP contribution < -0.4 is 9.47 Å². The number of methoxy groups -OCH3 is 3. The number of rotatable bonds is 7. The van der Waals surface area contributed by atoms with Crippen molar-refractivity contribution in [2.45, 2.75) is 19.3 Å². The summed E-state index contributed by atoms with van der Waals surface area (Å²) >= 11 is 0. The molecule has 104 valence electrons. The van der Waals surface area contributed by atoms with E-state index in [9.17, 15) is 9.59 Å². The first-order valence-corrected chi connectivity index (χ1v) is 5.94. The van der Waals surface area contributed by atoms with Crippen LogP contribution >= 0.6 is 0 Å². The van der Waals surface area contributed by atoms with Gasteiger partial charge in [0.05, 0.1) is 21.3 Å². The first-order valence-electron chi connectivity index (χ1n) is 5.94. The van der Waals surface area contributed by atoms with Gasteiger partial charge in [-0.05, 0) is 24.6 Å². The molecule has 0 saturated heterocycles. The van der Waals surface area contributed by atoms with E-state index in [0.29, 0.717) is 29.9 Å². The summed E-state index contributed by atoms with van der Waals surface area (Å²) in [5.74, 6) is 0.750. The molecule has 0 saturated carbocycles. The highest BCUT2D eigenvalue weighted by Gasteiger charge is 2.11. The van der Waals surface area contributed by atoms with Gasteiger partial charge >= 0.3 is 5.97 Å². The van der Waals surface area contributed by atoms with Crippen molar-refractivity contribution in [2.75, 3.05) is 21.3 Å². The van der Waals surface area contributed by atoms with Gasteiger partial charge in [-0.15, -0.1) is 0 Å². The van der Waals surface area contributed by atoms with Crippen LogP contribution in [0.4, 0.5) is 0 Å². The summed E-state index contributed by atoms with van der Waals surface area (Å²) in [5, 5.41) is 0. The van der Waals surface area contributed by atoms with Crippen LogP contribution in [0.2, 0.25) is 0 Å². The molecule has 0 aliphatic carbocycles. The van der Waals surface area contributed by atoms with E-state index in [4.69, 9.17) is 9.47 Å². The smallest absolute Gasteiger partial charge is 0.305 e. The lowest BCUT2D eigenvalue weighted by Gasteiger charge is -2.08. The average molecular weight is 266 g/mol. The highest BCUT2D eigenvalue weighted by atomic mass is 16.5. The number of hydrogen-bond donors (Lipinski definition) is 0. The van der Waals surface area contributed by atoms with Crippen molar-refractivity contribution in [2.24, 2.45) is 0 Å². The molecule has 0 heterocycles. The zero-order valence-electron chi connectivity index (χ0n) is 11.4. The summed E-state index contributed by atoms with van der Waals surface area (Å²) < 4.78 is 14.8. The van der Waals surface area contributed by atoms with Gasteiger partial charge in [-0.1, -0.05) is 0 Å². The molecule has 1 rings (SSSR count). The Balaban J connectivity index is 2.64. The highest BCUT2D eigenvalue weighted by Crippen LogP contribution is 2.28. The quantitative estimate of drug-likeness (QED) is 0.559. The summed E-state index contributed by atoms with van der Waals surface area (Å²) in [6, 6.07) is 5.01. The minimum absolute atomic E-state index is 0.0372. The van der Waals surface area contributed by atoms with E-state index >= 15 is 0 Å². The monoisotopic (exact) mass is 266 g/mol. The second kappa shape index (κ2) is 7.41. The molecule has 0 unspecified atom stereocenters. The lowest BCUT2D eigenvalue weighted by atomic mass is 10.0. The predicted octanol–water partition coefficient (Wildman–Crippen LogP) is 2.23. The Morgan fingerprint density at radius 2 is 1.68 bits per heavy atom. The van der Waals surface area contributed by atoms with E-state index in [1.54, 1.807) is 18.2 Å². The predicted molar refractivity (Wildman–Crippen MR) is 69.7 cm³/mol. The van der Waals surface area contributed by atoms with E-state index < -0.39 is 0 Å². The van der Waals surface area contributed by atoms with Gasteiger partial charge in [-0.2, -0.15) is 0 Å². The minimum Gasteiger partial charge on any atom is -0.493 e. The first-order chi connectivity index (χ1) is 9.12. The van der Waals surface area contributed by atoms with E-state index in [-0.39, 0.29) is 18.2 Å². The minimum atomic E-state index is -0.305. The van der Waals surface area contributed by atoms with Crippen molar-refractivity contribution in [3.05, 3.63) is 23.8 Å². The van der Waals surface area contributed by atoms with E-state index in [1.165, 1.54) is 21.3 Å². The normalized spacial score (nSPS) is 9.84. The summed E-state index contributed by atoms with van der Waals surface area (Å²) in [5.41, 5.74) is 0.544. The van der Waals surface area contributed by atoms with Gasteiger partial charge in [-0.3, -0.25) is 9.59 Å². The van der Waals surface area contributed by atoms with E-state index in [2.05, 4.69) is 4.74 Å². The van der Waals surface area contributed by atoms with Crippen LogP contribution in [0.1, 0.15) is 29.6 Å². The third kappa shape index (κ3) is 4.28. The number of carbonyl (C=O) groups excluding carboxylic acids is 2. The van der Waals surface area contributed by atoms with Gasteiger partial charge in [0.1, 0.15) is 0 Å². The Bertz CT molecular complexity index is 453. The molecule has 1 aromatic carbocycles. The number of carbonyl (C=O) groups is 2. The van der Waals surface area contributed by atoms with Crippen molar-refractivity contribution in [3.63, 3.8) is 0 Å². The molecule has 0 aromatic heterocycles. The third-order valence-corrected chi connectivity index (χ3v) is 2.72. The maximum absolute atomic E-state index is 11.9. The number of esters is 1. The molecule has 0 aliphatic heterocycles. The molecule has 0 aliphatic rings. The zero-order valence-corrected chi connectivity index (χ0v) is 11.4. The van der Waals surface area contributed by atoms with Crippen molar-refractivity contribution >= 4 is 11.8 Å². The maximum Gasteiger partial charge on any atom is 0.305 e. The van der Waals surface area contributed by atoms with Gasteiger partial charge in [0.2, 0.25) is 0 Å². The lowest BCUT2D eigenvalue weighted by molar-refractivity contribution is -0.140. The highest BCUT2D eigenvalue weighted by molar-refractivity contribution is 5.96. The molecule has 5 heteroatoms. The van der Waals surface area contributed by atoms with Crippen LogP contribution in [0.15, 0.2) is 18.2 Å². The number of ketones is 1. The second-order valence-electron chi connectivity index (χ2n) is 3.92. The summed E-state index contributed by atoms with van der Waals surface area (Å²) in [6.45, 7) is 0. The molecule has 0 amide bonds. The summed E-state index contributed by atoms with van der Waals surface area (Å²) in [6.07, 6.45) is 1.01. The Kier molecular flexibility index (Phi) is 5.85. The summed E-state index contributed by atoms with van der Waals surface area (Å²) in [4.78, 5) is 22.9. The topological polar surface area (TPSA) is 61.8 Å². The molecule has 0 bridgehead atoms. The van der Waals surface area contributed by atoms with Crippen LogP contribution in [-0.4, -0.2) is 33.1 Å². The standard InChI is InChI=1S/C14H18O5/c1-17-12-8-7-10(9-13(12)18-2)11(15)5-4-6-14(16)19-3/h7-9H,4-6H2,1-3H3. The van der Waals surface area contributed by atoms with Crippen molar-refractivity contribution in [1.82, 2.24) is 0 Å². The maximum atomic E-state index is 11.9. The SMILES string of the molecule is COC(=O)CCCC(=O)c1ccc(OC)c(OC)c1. The Morgan fingerprint density at radius 1 is 1.00 bits per heavy atom. The van der Waals surface area contributed by atoms with Gasteiger partial charge in [-0.25, -0.2) is 0 Å². The molecule has 1 aromatic rings. The second-order valence-corrected chi connectivity index (χ2v) is 3.92. The zero-order chi connectivity index (χ0) is 14.3. The third-order valence-electron chi connectivity index (χ3n) is 2.72. The number of Topliss-reactive ketones (excluding diaryl/α,β-unsaturated/α-hetero) is 1. The molecule has 19 heavy (non-hydrogen) atoms. The van der Waals surface area contributed by atoms with E-state index in [0.717, 1.165) is 0 Å². The Hall–Kier alpha value is -2.04. The number of ether oxygens (including phenoxy) is 3. The van der Waals surface area contributed by atoms with Crippen LogP contribution in [-0.2, 0) is 9.53 Å². The van der Waals surface area contributed by atoms with E-state index in [1.807, 2.05) is 0 Å². The molecule has 0 spiro atoms. The fourth-order valence-corrected chi connectivity index (χ4v) is 1.65. The average Bonchev–Trinajstić information content (AvgIpc) is 2.45. The number of hydrogen-bond acceptors (Lipinski definition) is 5. The Morgan fingerprint density at radius 3 is 2.26 bits per heavy atom.